The van der Waals surface area contributed by atoms with E-state index in [0.29, 0.717) is 18.8 Å². The third kappa shape index (κ3) is 3.02. The van der Waals surface area contributed by atoms with Gasteiger partial charge in [-0.15, -0.1) is 5.10 Å². The summed E-state index contributed by atoms with van der Waals surface area (Å²) >= 11 is 0. The van der Waals surface area contributed by atoms with Crippen molar-refractivity contribution in [2.75, 3.05) is 6.61 Å². The van der Waals surface area contributed by atoms with Crippen molar-refractivity contribution < 1.29 is 9.53 Å². The lowest BCUT2D eigenvalue weighted by Crippen LogP contribution is -2.15. The molecule has 2 aromatic heterocycles. The summed E-state index contributed by atoms with van der Waals surface area (Å²) in [5, 5.41) is 11.9. The molecule has 8 nitrogen and oxygen atoms in total. The fourth-order valence-corrected chi connectivity index (χ4v) is 1.91. The molecule has 2 N–H and O–H groups in total. The summed E-state index contributed by atoms with van der Waals surface area (Å²) in [6.07, 6.45) is 4.48. The zero-order valence-corrected chi connectivity index (χ0v) is 11.6. The Hall–Kier alpha value is -2.22. The highest BCUT2D eigenvalue weighted by atomic mass is 16.5. The van der Waals surface area contributed by atoms with Crippen molar-refractivity contribution in [1.82, 2.24) is 24.8 Å². The molecule has 2 rings (SSSR count). The molecule has 0 amide bonds. The van der Waals surface area contributed by atoms with Crippen molar-refractivity contribution in [3.8, 4) is 0 Å². The maximum atomic E-state index is 11.7. The average Bonchev–Trinajstić information content (AvgIpc) is 3.02. The minimum Gasteiger partial charge on any atom is -0.461 e. The molecule has 8 heteroatoms. The van der Waals surface area contributed by atoms with Gasteiger partial charge >= 0.3 is 5.97 Å². The van der Waals surface area contributed by atoms with Crippen LogP contribution in [-0.2, 0) is 31.3 Å². The fourth-order valence-electron chi connectivity index (χ4n) is 1.91. The number of aromatic nitrogens is 5. The highest BCUT2D eigenvalue weighted by molar-refractivity contribution is 5.88. The Kier molecular flexibility index (Phi) is 4.46. The van der Waals surface area contributed by atoms with Gasteiger partial charge in [0.1, 0.15) is 0 Å². The molecular formula is C12H18N6O2. The van der Waals surface area contributed by atoms with Gasteiger partial charge in [0, 0.05) is 26.3 Å². The molecule has 2 aromatic rings. The predicted molar refractivity (Wildman–Crippen MR) is 70.8 cm³/mol. The molecule has 108 valence electrons. The summed E-state index contributed by atoms with van der Waals surface area (Å²) in [5.41, 5.74) is 7.55. The molecule has 0 saturated heterocycles. The summed E-state index contributed by atoms with van der Waals surface area (Å²) in [6.45, 7) is 2.82. The fraction of sp³-hybridized carbons (Fsp3) is 0.500. The van der Waals surface area contributed by atoms with E-state index < -0.39 is 5.97 Å². The molecular weight excluding hydrogens is 260 g/mol. The lowest BCUT2D eigenvalue weighted by atomic mass is 10.2. The van der Waals surface area contributed by atoms with Gasteiger partial charge in [-0.05, 0) is 18.9 Å². The summed E-state index contributed by atoms with van der Waals surface area (Å²) in [5.74, 6) is -0.486. The molecule has 0 spiro atoms. The van der Waals surface area contributed by atoms with E-state index in [4.69, 9.17) is 10.5 Å². The Labute approximate surface area is 116 Å². The van der Waals surface area contributed by atoms with Crippen LogP contribution >= 0.6 is 0 Å². The van der Waals surface area contributed by atoms with Gasteiger partial charge in [0.2, 0.25) is 0 Å². The van der Waals surface area contributed by atoms with Crippen LogP contribution in [0.4, 0.5) is 0 Å². The number of esters is 1. The molecule has 0 aliphatic heterocycles. The number of hydrogen-bond acceptors (Lipinski definition) is 6. The van der Waals surface area contributed by atoms with E-state index in [0.717, 1.165) is 12.0 Å². The Morgan fingerprint density at radius 3 is 2.90 bits per heavy atom. The molecule has 0 aliphatic rings. The Bertz CT molecular complexity index is 589. The SMILES string of the molecule is CCOC(=O)c1nnn(CCc2cnn(C)c2)c1CN. The van der Waals surface area contributed by atoms with Gasteiger partial charge in [0.25, 0.3) is 0 Å². The summed E-state index contributed by atoms with van der Waals surface area (Å²) in [6, 6.07) is 0. The third-order valence-electron chi connectivity index (χ3n) is 2.87. The second-order valence-corrected chi connectivity index (χ2v) is 4.30. The largest absolute Gasteiger partial charge is 0.461 e. The molecule has 0 saturated carbocycles. The van der Waals surface area contributed by atoms with Crippen LogP contribution in [0.15, 0.2) is 12.4 Å². The van der Waals surface area contributed by atoms with Gasteiger partial charge in [-0.25, -0.2) is 9.48 Å². The first-order valence-corrected chi connectivity index (χ1v) is 6.42. The summed E-state index contributed by atoms with van der Waals surface area (Å²) in [4.78, 5) is 11.7. The Balaban J connectivity index is 2.10. The van der Waals surface area contributed by atoms with Crippen LogP contribution in [0.25, 0.3) is 0 Å². The topological polar surface area (TPSA) is 101 Å². The molecule has 20 heavy (non-hydrogen) atoms. The van der Waals surface area contributed by atoms with Gasteiger partial charge < -0.3 is 10.5 Å². The molecule has 0 radical (unpaired) electrons. The van der Waals surface area contributed by atoms with Gasteiger partial charge in [0.05, 0.1) is 18.5 Å². The number of ether oxygens (including phenoxy) is 1. The third-order valence-corrected chi connectivity index (χ3v) is 2.87. The molecule has 0 atom stereocenters. The van der Waals surface area contributed by atoms with Crippen molar-refractivity contribution in [2.24, 2.45) is 12.8 Å². The minimum absolute atomic E-state index is 0.189. The Morgan fingerprint density at radius 2 is 2.30 bits per heavy atom. The van der Waals surface area contributed by atoms with Gasteiger partial charge in [-0.3, -0.25) is 4.68 Å². The zero-order valence-electron chi connectivity index (χ0n) is 11.6. The van der Waals surface area contributed by atoms with Gasteiger partial charge in [0.15, 0.2) is 5.69 Å². The first-order chi connectivity index (χ1) is 9.65. The first kappa shape index (κ1) is 14.2. The maximum Gasteiger partial charge on any atom is 0.360 e. The van der Waals surface area contributed by atoms with Crippen molar-refractivity contribution in [2.45, 2.75) is 26.4 Å². The number of nitrogens with two attached hydrogens (primary N) is 1. The molecule has 0 fully saturated rings. The number of rotatable bonds is 6. The summed E-state index contributed by atoms with van der Waals surface area (Å²) in [7, 11) is 1.86. The van der Waals surface area contributed by atoms with Crippen LogP contribution in [0, 0.1) is 0 Å². The molecule has 0 bridgehead atoms. The lowest BCUT2D eigenvalue weighted by Gasteiger charge is -2.05. The number of hydrogen-bond donors (Lipinski definition) is 1. The van der Waals surface area contributed by atoms with E-state index in [1.807, 2.05) is 13.2 Å². The maximum absolute atomic E-state index is 11.7. The molecule has 2 heterocycles. The average molecular weight is 278 g/mol. The second kappa shape index (κ2) is 6.29. The number of aryl methyl sites for hydroxylation is 3. The molecule has 0 aliphatic carbocycles. The van der Waals surface area contributed by atoms with Crippen LogP contribution in [-0.4, -0.2) is 37.4 Å². The quantitative estimate of drug-likeness (QED) is 0.740. The predicted octanol–water partition coefficient (Wildman–Crippen LogP) is -0.110. The van der Waals surface area contributed by atoms with Crippen molar-refractivity contribution in [1.29, 1.82) is 0 Å². The van der Waals surface area contributed by atoms with Crippen molar-refractivity contribution >= 4 is 5.97 Å². The number of nitrogens with zero attached hydrogens (tertiary/aromatic N) is 5. The van der Waals surface area contributed by atoms with Crippen LogP contribution in [0.5, 0.6) is 0 Å². The number of carbonyl (C=O) groups is 1. The normalized spacial score (nSPS) is 10.8. The van der Waals surface area contributed by atoms with E-state index in [2.05, 4.69) is 15.4 Å². The zero-order chi connectivity index (χ0) is 14.5. The van der Waals surface area contributed by atoms with Gasteiger partial charge in [-0.2, -0.15) is 5.10 Å². The standard InChI is InChI=1S/C12H18N6O2/c1-3-20-12(19)11-10(6-13)18(16-15-11)5-4-9-7-14-17(2)8-9/h7-8H,3-6,13H2,1-2H3. The van der Waals surface area contributed by atoms with Crippen LogP contribution in [0.1, 0.15) is 28.7 Å². The van der Waals surface area contributed by atoms with E-state index in [-0.39, 0.29) is 12.2 Å². The van der Waals surface area contributed by atoms with Gasteiger partial charge in [-0.1, -0.05) is 5.21 Å². The Morgan fingerprint density at radius 1 is 1.50 bits per heavy atom. The highest BCUT2D eigenvalue weighted by Crippen LogP contribution is 2.08. The van der Waals surface area contributed by atoms with Crippen LogP contribution in [0.2, 0.25) is 0 Å². The number of carbonyl (C=O) groups excluding carboxylic acids is 1. The lowest BCUT2D eigenvalue weighted by molar-refractivity contribution is 0.0518. The molecule has 0 aromatic carbocycles. The van der Waals surface area contributed by atoms with E-state index in [1.165, 1.54) is 0 Å². The van der Waals surface area contributed by atoms with Crippen LogP contribution < -0.4 is 5.73 Å². The highest BCUT2D eigenvalue weighted by Gasteiger charge is 2.19. The van der Waals surface area contributed by atoms with E-state index in [1.54, 1.807) is 22.5 Å². The monoisotopic (exact) mass is 278 g/mol. The van der Waals surface area contributed by atoms with Crippen molar-refractivity contribution in [3.63, 3.8) is 0 Å². The van der Waals surface area contributed by atoms with E-state index >= 15 is 0 Å². The molecule has 0 unspecified atom stereocenters. The smallest absolute Gasteiger partial charge is 0.360 e. The van der Waals surface area contributed by atoms with Crippen molar-refractivity contribution in [3.05, 3.63) is 29.3 Å². The second-order valence-electron chi connectivity index (χ2n) is 4.30. The first-order valence-electron chi connectivity index (χ1n) is 6.42. The summed E-state index contributed by atoms with van der Waals surface area (Å²) < 4.78 is 8.30. The van der Waals surface area contributed by atoms with E-state index in [9.17, 15) is 4.79 Å². The van der Waals surface area contributed by atoms with Crippen LogP contribution in [0.3, 0.4) is 0 Å². The minimum atomic E-state index is -0.486.